The number of likely N-dealkylation sites (N-methyl/N-ethyl adjacent to an activating group) is 1. The molecule has 1 N–H and O–H groups in total. The molecule has 2 unspecified atom stereocenters. The second-order valence-electron chi connectivity index (χ2n) is 5.53. The number of carbonyl (C=O) groups is 1. The molecule has 4 heteroatoms. The molecule has 1 aromatic rings. The Morgan fingerprint density at radius 2 is 2.47 bits per heavy atom. The van der Waals surface area contributed by atoms with Gasteiger partial charge in [-0.05, 0) is 50.2 Å². The summed E-state index contributed by atoms with van der Waals surface area (Å²) in [6, 6.07) is 4.50. The van der Waals surface area contributed by atoms with Crippen LogP contribution in [-0.4, -0.2) is 37.0 Å². The molecule has 1 aliphatic rings. The number of carbonyl (C=O) groups excluding carboxylic acids is 1. The molecule has 1 aromatic heterocycles. The average molecular weight is 280 g/mol. The van der Waals surface area contributed by atoms with E-state index in [0.29, 0.717) is 12.3 Å². The number of nitrogens with one attached hydrogen (secondary N) is 1. The third kappa shape index (κ3) is 4.32. The Hall–Kier alpha value is -0.870. The van der Waals surface area contributed by atoms with Crippen molar-refractivity contribution in [1.82, 2.24) is 10.2 Å². The molecular weight excluding hydrogens is 256 g/mol. The maximum Gasteiger partial charge on any atom is 0.222 e. The van der Waals surface area contributed by atoms with E-state index < -0.39 is 0 Å². The van der Waals surface area contributed by atoms with Crippen LogP contribution in [0.15, 0.2) is 17.5 Å². The molecule has 0 radical (unpaired) electrons. The van der Waals surface area contributed by atoms with Crippen LogP contribution in [0.2, 0.25) is 0 Å². The summed E-state index contributed by atoms with van der Waals surface area (Å²) >= 11 is 1.77. The molecule has 1 saturated heterocycles. The first kappa shape index (κ1) is 14.5. The highest BCUT2D eigenvalue weighted by atomic mass is 32.1. The first-order chi connectivity index (χ1) is 9.16. The summed E-state index contributed by atoms with van der Waals surface area (Å²) in [5, 5.41) is 5.45. The van der Waals surface area contributed by atoms with Crippen LogP contribution < -0.4 is 5.32 Å². The lowest BCUT2D eigenvalue weighted by Crippen LogP contribution is -2.36. The minimum Gasteiger partial charge on any atom is -0.343 e. The standard InChI is InChI=1S/C15H24N2OS/c1-12(10-14-4-3-9-19-14)17(2)15(18)6-5-13-7-8-16-11-13/h3-4,9,12-13,16H,5-8,10-11H2,1-2H3. The van der Waals surface area contributed by atoms with E-state index in [2.05, 4.69) is 29.8 Å². The van der Waals surface area contributed by atoms with Crippen LogP contribution in [0, 0.1) is 5.92 Å². The van der Waals surface area contributed by atoms with Crippen LogP contribution in [0.25, 0.3) is 0 Å². The molecule has 1 fully saturated rings. The Balaban J connectivity index is 1.74. The van der Waals surface area contributed by atoms with Gasteiger partial charge in [0.05, 0.1) is 0 Å². The van der Waals surface area contributed by atoms with Crippen LogP contribution >= 0.6 is 11.3 Å². The van der Waals surface area contributed by atoms with Crippen LogP contribution in [0.3, 0.4) is 0 Å². The van der Waals surface area contributed by atoms with Gasteiger partial charge in [0.1, 0.15) is 0 Å². The summed E-state index contributed by atoms with van der Waals surface area (Å²) in [6.45, 7) is 4.33. The highest BCUT2D eigenvalue weighted by Crippen LogP contribution is 2.17. The lowest BCUT2D eigenvalue weighted by Gasteiger charge is -2.25. The van der Waals surface area contributed by atoms with Gasteiger partial charge in [-0.2, -0.15) is 0 Å². The summed E-state index contributed by atoms with van der Waals surface area (Å²) in [5.41, 5.74) is 0. The van der Waals surface area contributed by atoms with Gasteiger partial charge in [-0.3, -0.25) is 4.79 Å². The van der Waals surface area contributed by atoms with E-state index in [0.717, 1.165) is 25.9 Å². The first-order valence-electron chi connectivity index (χ1n) is 7.15. The van der Waals surface area contributed by atoms with Crippen molar-refractivity contribution in [3.8, 4) is 0 Å². The van der Waals surface area contributed by atoms with Gasteiger partial charge in [0.15, 0.2) is 0 Å². The van der Waals surface area contributed by atoms with Crippen LogP contribution in [0.4, 0.5) is 0 Å². The minimum absolute atomic E-state index is 0.285. The molecule has 2 atom stereocenters. The van der Waals surface area contributed by atoms with Crippen molar-refractivity contribution in [3.63, 3.8) is 0 Å². The fourth-order valence-electron chi connectivity index (χ4n) is 2.57. The summed E-state index contributed by atoms with van der Waals surface area (Å²) in [6.07, 6.45) is 3.91. The third-order valence-electron chi connectivity index (χ3n) is 4.06. The van der Waals surface area contributed by atoms with Gasteiger partial charge in [0, 0.05) is 30.8 Å². The molecule has 106 valence electrons. The molecule has 2 heterocycles. The van der Waals surface area contributed by atoms with Gasteiger partial charge in [0.2, 0.25) is 5.91 Å². The summed E-state index contributed by atoms with van der Waals surface area (Å²) in [7, 11) is 1.94. The van der Waals surface area contributed by atoms with E-state index in [1.807, 2.05) is 11.9 Å². The SMILES string of the molecule is CC(Cc1cccs1)N(C)C(=O)CCC1CCNC1. The Kier molecular flexibility index (Phi) is 5.40. The summed E-state index contributed by atoms with van der Waals surface area (Å²) in [5.74, 6) is 0.987. The zero-order valence-electron chi connectivity index (χ0n) is 11.9. The Morgan fingerprint density at radius 1 is 1.63 bits per heavy atom. The molecule has 19 heavy (non-hydrogen) atoms. The van der Waals surface area contributed by atoms with Crippen molar-refractivity contribution in [2.75, 3.05) is 20.1 Å². The predicted molar refractivity (Wildman–Crippen MR) is 80.5 cm³/mol. The zero-order valence-corrected chi connectivity index (χ0v) is 12.7. The lowest BCUT2D eigenvalue weighted by atomic mass is 10.0. The van der Waals surface area contributed by atoms with Crippen LogP contribution in [-0.2, 0) is 11.2 Å². The van der Waals surface area contributed by atoms with Gasteiger partial charge in [-0.1, -0.05) is 6.07 Å². The van der Waals surface area contributed by atoms with E-state index in [-0.39, 0.29) is 11.9 Å². The highest BCUT2D eigenvalue weighted by Gasteiger charge is 2.20. The fourth-order valence-corrected chi connectivity index (χ4v) is 3.39. The summed E-state index contributed by atoms with van der Waals surface area (Å²) < 4.78 is 0. The van der Waals surface area contributed by atoms with Crippen LogP contribution in [0.5, 0.6) is 0 Å². The monoisotopic (exact) mass is 280 g/mol. The summed E-state index contributed by atoms with van der Waals surface area (Å²) in [4.78, 5) is 15.5. The first-order valence-corrected chi connectivity index (χ1v) is 8.03. The van der Waals surface area contributed by atoms with Crippen molar-refractivity contribution >= 4 is 17.2 Å². The number of thiophene rings is 1. The number of nitrogens with zero attached hydrogens (tertiary/aromatic N) is 1. The van der Waals surface area contributed by atoms with E-state index in [4.69, 9.17) is 0 Å². The van der Waals surface area contributed by atoms with Gasteiger partial charge in [-0.25, -0.2) is 0 Å². The quantitative estimate of drug-likeness (QED) is 0.868. The molecule has 3 nitrogen and oxygen atoms in total. The fraction of sp³-hybridized carbons (Fsp3) is 0.667. The second-order valence-corrected chi connectivity index (χ2v) is 6.57. The van der Waals surface area contributed by atoms with Crippen molar-refractivity contribution in [2.24, 2.45) is 5.92 Å². The van der Waals surface area contributed by atoms with Crippen molar-refractivity contribution in [3.05, 3.63) is 22.4 Å². The predicted octanol–water partition coefficient (Wildman–Crippen LogP) is 2.53. The molecule has 0 aromatic carbocycles. The van der Waals surface area contributed by atoms with Crippen molar-refractivity contribution in [1.29, 1.82) is 0 Å². The maximum atomic E-state index is 12.2. The molecule has 2 rings (SSSR count). The van der Waals surface area contributed by atoms with E-state index in [9.17, 15) is 4.79 Å². The lowest BCUT2D eigenvalue weighted by molar-refractivity contribution is -0.131. The van der Waals surface area contributed by atoms with E-state index in [1.165, 1.54) is 11.3 Å². The van der Waals surface area contributed by atoms with Crippen LogP contribution in [0.1, 0.15) is 31.1 Å². The zero-order chi connectivity index (χ0) is 13.7. The highest BCUT2D eigenvalue weighted by molar-refractivity contribution is 7.09. The van der Waals surface area contributed by atoms with Gasteiger partial charge < -0.3 is 10.2 Å². The number of hydrogen-bond acceptors (Lipinski definition) is 3. The molecular formula is C15H24N2OS. The number of hydrogen-bond donors (Lipinski definition) is 1. The molecule has 1 aliphatic heterocycles. The second kappa shape index (κ2) is 7.06. The Morgan fingerprint density at radius 3 is 3.11 bits per heavy atom. The van der Waals surface area contributed by atoms with Crippen molar-refractivity contribution < 1.29 is 4.79 Å². The van der Waals surface area contributed by atoms with E-state index in [1.54, 1.807) is 11.3 Å². The number of rotatable bonds is 6. The normalized spacial score (nSPS) is 20.4. The molecule has 1 amide bonds. The third-order valence-corrected chi connectivity index (χ3v) is 4.96. The molecule has 0 spiro atoms. The smallest absolute Gasteiger partial charge is 0.222 e. The average Bonchev–Trinajstić information content (AvgIpc) is 3.07. The van der Waals surface area contributed by atoms with Crippen molar-refractivity contribution in [2.45, 2.75) is 38.6 Å². The maximum absolute atomic E-state index is 12.2. The Bertz CT molecular complexity index is 385. The Labute approximate surface area is 120 Å². The van der Waals surface area contributed by atoms with Gasteiger partial charge in [0.25, 0.3) is 0 Å². The number of amides is 1. The molecule has 0 saturated carbocycles. The topological polar surface area (TPSA) is 32.3 Å². The largest absolute Gasteiger partial charge is 0.343 e. The molecule has 0 bridgehead atoms. The van der Waals surface area contributed by atoms with E-state index >= 15 is 0 Å². The molecule has 0 aliphatic carbocycles. The van der Waals surface area contributed by atoms with Gasteiger partial charge >= 0.3 is 0 Å². The van der Waals surface area contributed by atoms with Gasteiger partial charge in [-0.15, -0.1) is 11.3 Å². The minimum atomic E-state index is 0.285.